The summed E-state index contributed by atoms with van der Waals surface area (Å²) in [5.74, 6) is 1.20. The number of carbonyl (C=O) groups is 2. The van der Waals surface area contributed by atoms with Gasteiger partial charge < -0.3 is 16.0 Å². The lowest BCUT2D eigenvalue weighted by Gasteiger charge is -2.32. The van der Waals surface area contributed by atoms with Gasteiger partial charge in [-0.05, 0) is 24.3 Å². The van der Waals surface area contributed by atoms with Crippen LogP contribution < -0.4 is 11.1 Å². The third-order valence-corrected chi connectivity index (χ3v) is 5.91. The average molecular weight is 350 g/mol. The van der Waals surface area contributed by atoms with Crippen LogP contribution in [-0.4, -0.2) is 41.2 Å². The van der Waals surface area contributed by atoms with Crippen LogP contribution in [0.3, 0.4) is 0 Å². The van der Waals surface area contributed by atoms with Crippen LogP contribution in [0.5, 0.6) is 0 Å². The summed E-state index contributed by atoms with van der Waals surface area (Å²) in [6, 6.07) is 9.97. The predicted molar refractivity (Wildman–Crippen MR) is 98.7 cm³/mol. The number of hydrogen-bond acceptors (Lipinski definition) is 3. The molecule has 1 heterocycles. The smallest absolute Gasteiger partial charge is 0.314 e. The van der Waals surface area contributed by atoms with Crippen LogP contribution in [0.1, 0.15) is 32.3 Å². The highest BCUT2D eigenvalue weighted by Crippen LogP contribution is 2.24. The maximum Gasteiger partial charge on any atom is 0.314 e. The van der Waals surface area contributed by atoms with Crippen molar-refractivity contribution in [2.24, 2.45) is 11.7 Å². The minimum atomic E-state index is -0.377. The second kappa shape index (κ2) is 8.97. The Bertz CT molecular complexity index is 542. The number of carbonyl (C=O) groups excluding carboxylic acids is 2. The van der Waals surface area contributed by atoms with Crippen molar-refractivity contribution in [1.29, 1.82) is 0 Å². The molecule has 1 atom stereocenters. The van der Waals surface area contributed by atoms with Gasteiger partial charge in [-0.1, -0.05) is 44.2 Å². The molecule has 1 aliphatic heterocycles. The summed E-state index contributed by atoms with van der Waals surface area (Å²) < 4.78 is 0. The van der Waals surface area contributed by atoms with E-state index in [-0.39, 0.29) is 29.1 Å². The van der Waals surface area contributed by atoms with Crippen LogP contribution >= 0.6 is 11.8 Å². The highest BCUT2D eigenvalue weighted by Gasteiger charge is 2.27. The van der Waals surface area contributed by atoms with Crippen molar-refractivity contribution in [3.8, 4) is 0 Å². The number of piperidine rings is 1. The molecule has 132 valence electrons. The van der Waals surface area contributed by atoms with Gasteiger partial charge in [0.25, 0.3) is 0 Å². The van der Waals surface area contributed by atoms with E-state index in [1.165, 1.54) is 5.56 Å². The number of nitrogens with one attached hydrogen (secondary N) is 1. The van der Waals surface area contributed by atoms with Crippen molar-refractivity contribution >= 4 is 23.7 Å². The van der Waals surface area contributed by atoms with Gasteiger partial charge in [0.1, 0.15) is 0 Å². The Labute approximate surface area is 148 Å². The average Bonchev–Trinajstić information content (AvgIpc) is 2.56. The Morgan fingerprint density at radius 2 is 1.88 bits per heavy atom. The van der Waals surface area contributed by atoms with Crippen molar-refractivity contribution in [2.45, 2.75) is 43.7 Å². The monoisotopic (exact) mass is 349 g/mol. The fourth-order valence-electron chi connectivity index (χ4n) is 2.86. The zero-order valence-electron chi connectivity index (χ0n) is 14.4. The first-order valence-corrected chi connectivity index (χ1v) is 9.52. The molecule has 2 rings (SSSR count). The molecule has 5 nitrogen and oxygen atoms in total. The van der Waals surface area contributed by atoms with Crippen LogP contribution in [0, 0.1) is 5.92 Å². The lowest BCUT2D eigenvalue weighted by molar-refractivity contribution is -0.122. The number of likely N-dealkylation sites (tertiary alicyclic amines) is 1. The first-order chi connectivity index (χ1) is 11.5. The molecule has 0 aliphatic carbocycles. The van der Waals surface area contributed by atoms with Gasteiger partial charge in [-0.3, -0.25) is 4.79 Å². The first kappa shape index (κ1) is 18.6. The van der Waals surface area contributed by atoms with E-state index in [2.05, 4.69) is 31.3 Å². The standard InChI is InChI=1S/C18H27N3O2S/c1-13(2)16(24-12-14-6-4-3-5-7-14)17(22)20-15-8-10-21(11-9-15)18(19)23/h3-7,13,15-16H,8-12H2,1-2H3,(H2,19,23)(H,20,22). The third kappa shape index (κ3) is 5.44. The molecule has 0 spiro atoms. The lowest BCUT2D eigenvalue weighted by Crippen LogP contribution is -2.50. The predicted octanol–water partition coefficient (Wildman–Crippen LogP) is 2.60. The molecule has 1 aromatic carbocycles. The Morgan fingerprint density at radius 1 is 1.25 bits per heavy atom. The van der Waals surface area contributed by atoms with Gasteiger partial charge in [0.15, 0.2) is 0 Å². The van der Waals surface area contributed by atoms with Crippen molar-refractivity contribution < 1.29 is 9.59 Å². The lowest BCUT2D eigenvalue weighted by atomic mass is 10.0. The summed E-state index contributed by atoms with van der Waals surface area (Å²) >= 11 is 1.69. The Balaban J connectivity index is 1.84. The number of primary amides is 1. The summed E-state index contributed by atoms with van der Waals surface area (Å²) in [5.41, 5.74) is 6.53. The summed E-state index contributed by atoms with van der Waals surface area (Å²) in [6.07, 6.45) is 1.53. The number of benzene rings is 1. The number of amides is 3. The highest BCUT2D eigenvalue weighted by atomic mass is 32.2. The molecule has 0 radical (unpaired) electrons. The van der Waals surface area contributed by atoms with Gasteiger partial charge in [-0.15, -0.1) is 11.8 Å². The molecular weight excluding hydrogens is 322 g/mol. The zero-order valence-corrected chi connectivity index (χ0v) is 15.2. The van der Waals surface area contributed by atoms with Crippen LogP contribution in [-0.2, 0) is 10.5 Å². The Hall–Kier alpha value is -1.69. The van der Waals surface area contributed by atoms with E-state index >= 15 is 0 Å². The van der Waals surface area contributed by atoms with Gasteiger partial charge >= 0.3 is 6.03 Å². The first-order valence-electron chi connectivity index (χ1n) is 8.47. The highest BCUT2D eigenvalue weighted by molar-refractivity contribution is 7.99. The molecule has 0 bridgehead atoms. The summed E-state index contributed by atoms with van der Waals surface area (Å²) in [5, 5.41) is 3.09. The van der Waals surface area contributed by atoms with Crippen LogP contribution in [0.2, 0.25) is 0 Å². The van der Waals surface area contributed by atoms with Crippen LogP contribution in [0.25, 0.3) is 0 Å². The molecule has 1 fully saturated rings. The second-order valence-corrected chi connectivity index (χ2v) is 7.70. The van der Waals surface area contributed by atoms with Crippen molar-refractivity contribution in [3.05, 3.63) is 35.9 Å². The summed E-state index contributed by atoms with van der Waals surface area (Å²) in [6.45, 7) is 5.39. The summed E-state index contributed by atoms with van der Waals surface area (Å²) in [4.78, 5) is 25.4. The maximum absolute atomic E-state index is 12.7. The van der Waals surface area contributed by atoms with Crippen molar-refractivity contribution in [1.82, 2.24) is 10.2 Å². The molecule has 6 heteroatoms. The number of hydrogen-bond donors (Lipinski definition) is 2. The second-order valence-electron chi connectivity index (χ2n) is 6.57. The van der Waals surface area contributed by atoms with E-state index in [9.17, 15) is 9.59 Å². The fourth-order valence-corrected chi connectivity index (χ4v) is 4.03. The Morgan fingerprint density at radius 3 is 2.42 bits per heavy atom. The van der Waals surface area contributed by atoms with Crippen LogP contribution in [0.15, 0.2) is 30.3 Å². The topological polar surface area (TPSA) is 75.4 Å². The quantitative estimate of drug-likeness (QED) is 0.829. The van der Waals surface area contributed by atoms with Gasteiger partial charge in [0, 0.05) is 24.9 Å². The molecule has 0 saturated carbocycles. The van der Waals surface area contributed by atoms with Gasteiger partial charge in [0.2, 0.25) is 5.91 Å². The van der Waals surface area contributed by atoms with Crippen molar-refractivity contribution in [2.75, 3.05) is 13.1 Å². The molecule has 3 N–H and O–H groups in total. The summed E-state index contributed by atoms with van der Waals surface area (Å²) in [7, 11) is 0. The number of urea groups is 1. The van der Waals surface area contributed by atoms with E-state index in [1.807, 2.05) is 18.2 Å². The molecule has 3 amide bonds. The SMILES string of the molecule is CC(C)C(SCc1ccccc1)C(=O)NC1CCN(C(N)=O)CC1. The molecule has 1 unspecified atom stereocenters. The number of thioether (sulfide) groups is 1. The van der Waals surface area contributed by atoms with E-state index in [0.717, 1.165) is 18.6 Å². The van der Waals surface area contributed by atoms with Gasteiger partial charge in [-0.2, -0.15) is 0 Å². The van der Waals surface area contributed by atoms with Gasteiger partial charge in [0.05, 0.1) is 5.25 Å². The van der Waals surface area contributed by atoms with E-state index in [0.29, 0.717) is 13.1 Å². The zero-order chi connectivity index (χ0) is 17.5. The van der Waals surface area contributed by atoms with Crippen molar-refractivity contribution in [3.63, 3.8) is 0 Å². The van der Waals surface area contributed by atoms with Crippen LogP contribution in [0.4, 0.5) is 4.79 Å². The normalized spacial score (nSPS) is 16.9. The molecular formula is C18H27N3O2S. The van der Waals surface area contributed by atoms with Gasteiger partial charge in [-0.25, -0.2) is 4.79 Å². The maximum atomic E-state index is 12.7. The largest absolute Gasteiger partial charge is 0.352 e. The number of rotatable bonds is 6. The molecule has 1 aromatic rings. The van der Waals surface area contributed by atoms with E-state index < -0.39 is 0 Å². The van der Waals surface area contributed by atoms with E-state index in [4.69, 9.17) is 5.73 Å². The molecule has 0 aromatic heterocycles. The number of nitrogens with zero attached hydrogens (tertiary/aromatic N) is 1. The number of nitrogens with two attached hydrogens (primary N) is 1. The molecule has 24 heavy (non-hydrogen) atoms. The third-order valence-electron chi connectivity index (χ3n) is 4.29. The minimum Gasteiger partial charge on any atom is -0.352 e. The van der Waals surface area contributed by atoms with E-state index in [1.54, 1.807) is 16.7 Å². The minimum absolute atomic E-state index is 0.0700. The Kier molecular flexibility index (Phi) is 6.97. The molecule has 1 saturated heterocycles. The fraction of sp³-hybridized carbons (Fsp3) is 0.556. The molecule has 1 aliphatic rings.